The van der Waals surface area contributed by atoms with E-state index in [4.69, 9.17) is 42.7 Å². The predicted molar refractivity (Wildman–Crippen MR) is 214 cm³/mol. The topological polar surface area (TPSA) is 130 Å². The fourth-order valence-electron chi connectivity index (χ4n) is 6.94. The molecule has 0 bridgehead atoms. The second-order valence-corrected chi connectivity index (χ2v) is 14.6. The van der Waals surface area contributed by atoms with E-state index in [9.17, 15) is 14.4 Å². The van der Waals surface area contributed by atoms with Crippen molar-refractivity contribution in [2.75, 3.05) is 18.6 Å². The number of carbonyl (C=O) groups is 3. The Morgan fingerprint density at radius 1 is 0.911 bits per heavy atom. The lowest BCUT2D eigenvalue weighted by Crippen LogP contribution is -2.53. The van der Waals surface area contributed by atoms with Gasteiger partial charge in [0.25, 0.3) is 0 Å². The average molecular weight is 790 g/mol. The first-order chi connectivity index (χ1) is 27.1. The van der Waals surface area contributed by atoms with Crippen LogP contribution in [0.15, 0.2) is 103 Å². The Bertz CT molecular complexity index is 2310. The van der Waals surface area contributed by atoms with Gasteiger partial charge < -0.3 is 29.7 Å². The summed E-state index contributed by atoms with van der Waals surface area (Å²) in [5, 5.41) is 16.2. The molecule has 2 aliphatic rings. The summed E-state index contributed by atoms with van der Waals surface area (Å²) in [4.78, 5) is 41.2. The first-order valence-corrected chi connectivity index (χ1v) is 18.8. The van der Waals surface area contributed by atoms with Gasteiger partial charge in [-0.05, 0) is 93.9 Å². The lowest BCUT2D eigenvalue weighted by molar-refractivity contribution is -0.145. The quantitative estimate of drug-likeness (QED) is 0.139. The standard InChI is InChI=1S/C44H38Cl2N4O6/c1-26(51)50-24-42(32-12-14-35(15-13-32)55-25-29-7-16-36(45)37(46)17-29)56-41-21-34-23-48-38(19-33(34)20-40(41)50)43(52)49-39(44(53)54-2)18-27-3-8-30(9-4-27)31-10-5-28(22-47)6-11-31/h3-17,20-21,38-39,42,48H,18-19,23-25H2,1-2H3,(H,49,52). The van der Waals surface area contributed by atoms with Crippen LogP contribution in [-0.4, -0.2) is 43.5 Å². The zero-order chi connectivity index (χ0) is 39.3. The van der Waals surface area contributed by atoms with Gasteiger partial charge in [0.05, 0.1) is 47.1 Å². The van der Waals surface area contributed by atoms with Gasteiger partial charge in [-0.25, -0.2) is 4.79 Å². The number of nitrogens with one attached hydrogen (secondary N) is 2. The smallest absolute Gasteiger partial charge is 0.328 e. The third-order valence-electron chi connectivity index (χ3n) is 10.0. The molecule has 284 valence electrons. The van der Waals surface area contributed by atoms with Crippen molar-refractivity contribution in [3.05, 3.63) is 147 Å². The van der Waals surface area contributed by atoms with Gasteiger partial charge in [-0.15, -0.1) is 0 Å². The summed E-state index contributed by atoms with van der Waals surface area (Å²) in [5.74, 6) is 0.244. The van der Waals surface area contributed by atoms with E-state index in [1.165, 1.54) is 14.0 Å². The lowest BCUT2D eigenvalue weighted by atomic mass is 9.93. The van der Waals surface area contributed by atoms with Crippen molar-refractivity contribution in [3.63, 3.8) is 0 Å². The van der Waals surface area contributed by atoms with Gasteiger partial charge in [-0.3, -0.25) is 9.59 Å². The van der Waals surface area contributed by atoms with Crippen molar-refractivity contribution >= 4 is 46.7 Å². The Morgan fingerprint density at radius 3 is 2.27 bits per heavy atom. The highest BCUT2D eigenvalue weighted by Gasteiger charge is 2.34. The third kappa shape index (κ3) is 8.66. The van der Waals surface area contributed by atoms with E-state index in [1.54, 1.807) is 29.2 Å². The summed E-state index contributed by atoms with van der Waals surface area (Å²) in [6.07, 6.45) is 0.176. The molecule has 3 atom stereocenters. The zero-order valence-corrected chi connectivity index (χ0v) is 32.2. The van der Waals surface area contributed by atoms with Gasteiger partial charge in [0.2, 0.25) is 11.8 Å². The Kier molecular flexibility index (Phi) is 11.6. The zero-order valence-electron chi connectivity index (χ0n) is 30.7. The molecular formula is C44H38Cl2N4O6. The first-order valence-electron chi connectivity index (χ1n) is 18.1. The largest absolute Gasteiger partial charge is 0.489 e. The van der Waals surface area contributed by atoms with Crippen LogP contribution in [0.4, 0.5) is 5.69 Å². The summed E-state index contributed by atoms with van der Waals surface area (Å²) in [7, 11) is 1.30. The molecule has 56 heavy (non-hydrogen) atoms. The molecule has 2 N–H and O–H groups in total. The molecule has 0 radical (unpaired) electrons. The van der Waals surface area contributed by atoms with Crippen molar-refractivity contribution in [2.45, 2.75) is 51.1 Å². The maximum Gasteiger partial charge on any atom is 0.328 e. The highest BCUT2D eigenvalue weighted by atomic mass is 35.5. The maximum atomic E-state index is 13.6. The van der Waals surface area contributed by atoms with Gasteiger partial charge >= 0.3 is 5.97 Å². The second kappa shape index (κ2) is 16.9. The van der Waals surface area contributed by atoms with Gasteiger partial charge in [0.1, 0.15) is 30.3 Å². The molecule has 0 spiro atoms. The number of esters is 1. The minimum atomic E-state index is -0.901. The highest BCUT2D eigenvalue weighted by molar-refractivity contribution is 6.42. The van der Waals surface area contributed by atoms with Crippen molar-refractivity contribution < 1.29 is 28.6 Å². The number of methoxy groups -OCH3 is 1. The van der Waals surface area contributed by atoms with Gasteiger partial charge in [-0.2, -0.15) is 5.26 Å². The molecule has 10 nitrogen and oxygen atoms in total. The second-order valence-electron chi connectivity index (χ2n) is 13.7. The Labute approximate surface area is 334 Å². The Morgan fingerprint density at radius 2 is 1.61 bits per heavy atom. The Balaban J connectivity index is 1.00. The Hall–Kier alpha value is -5.86. The summed E-state index contributed by atoms with van der Waals surface area (Å²) in [6, 6.07) is 32.4. The number of hydrogen-bond donors (Lipinski definition) is 2. The van der Waals surface area contributed by atoms with Crippen LogP contribution < -0.4 is 25.0 Å². The molecule has 0 fully saturated rings. The van der Waals surface area contributed by atoms with Gasteiger partial charge in [-0.1, -0.05) is 77.8 Å². The molecule has 2 aliphatic heterocycles. The van der Waals surface area contributed by atoms with E-state index in [-0.39, 0.29) is 18.2 Å². The summed E-state index contributed by atoms with van der Waals surface area (Å²) < 4.78 is 17.5. The van der Waals surface area contributed by atoms with Crippen molar-refractivity contribution in [3.8, 4) is 28.7 Å². The van der Waals surface area contributed by atoms with Crippen molar-refractivity contribution in [2.24, 2.45) is 0 Å². The number of fused-ring (bicyclic) bond motifs is 2. The number of amides is 2. The van der Waals surface area contributed by atoms with Crippen LogP contribution in [-0.2, 0) is 45.1 Å². The molecule has 0 aliphatic carbocycles. The van der Waals surface area contributed by atoms with E-state index in [0.717, 1.165) is 38.9 Å². The number of anilines is 1. The predicted octanol–water partition coefficient (Wildman–Crippen LogP) is 7.51. The third-order valence-corrected chi connectivity index (χ3v) is 10.8. The van der Waals surface area contributed by atoms with E-state index >= 15 is 0 Å². The number of rotatable bonds is 10. The fraction of sp³-hybridized carbons (Fsp3) is 0.227. The van der Waals surface area contributed by atoms with E-state index in [2.05, 4.69) is 16.7 Å². The van der Waals surface area contributed by atoms with E-state index < -0.39 is 24.2 Å². The van der Waals surface area contributed by atoms with Crippen LogP contribution in [0, 0.1) is 11.3 Å². The molecule has 5 aromatic rings. The van der Waals surface area contributed by atoms with Crippen LogP contribution in [0.3, 0.4) is 0 Å². The fourth-order valence-corrected chi connectivity index (χ4v) is 7.26. The number of ether oxygens (including phenoxy) is 3. The molecule has 7 rings (SSSR count). The number of hydrogen-bond acceptors (Lipinski definition) is 8. The molecule has 3 unspecified atom stereocenters. The molecular weight excluding hydrogens is 751 g/mol. The minimum Gasteiger partial charge on any atom is -0.489 e. The van der Waals surface area contributed by atoms with Gasteiger partial charge in [0.15, 0.2) is 0 Å². The SMILES string of the molecule is COC(=O)C(Cc1ccc(-c2ccc(C#N)cc2)cc1)NC(=O)C1Cc2cc3c(cc2CN1)OC(c1ccc(OCc2ccc(Cl)c(Cl)c2)cc1)CN3C(C)=O. The molecule has 0 saturated heterocycles. The van der Waals surface area contributed by atoms with Crippen molar-refractivity contribution in [1.29, 1.82) is 5.26 Å². The number of carbonyl (C=O) groups excluding carboxylic acids is 3. The summed E-state index contributed by atoms with van der Waals surface area (Å²) in [5.41, 5.74) is 7.65. The number of nitrogens with zero attached hydrogens (tertiary/aromatic N) is 2. The number of nitriles is 1. The van der Waals surface area contributed by atoms with E-state index in [1.807, 2.05) is 78.9 Å². The molecule has 2 amide bonds. The summed E-state index contributed by atoms with van der Waals surface area (Å²) >= 11 is 12.2. The number of benzene rings is 5. The van der Waals surface area contributed by atoms with Crippen LogP contribution in [0.1, 0.15) is 46.4 Å². The molecule has 2 heterocycles. The van der Waals surface area contributed by atoms with Crippen LogP contribution >= 0.6 is 23.2 Å². The van der Waals surface area contributed by atoms with Crippen LogP contribution in [0.5, 0.6) is 11.5 Å². The van der Waals surface area contributed by atoms with E-state index in [0.29, 0.717) is 58.9 Å². The minimum absolute atomic E-state index is 0.129. The normalized spacial score (nSPS) is 16.3. The number of halogens is 2. The van der Waals surface area contributed by atoms with Crippen molar-refractivity contribution in [1.82, 2.24) is 10.6 Å². The average Bonchev–Trinajstić information content (AvgIpc) is 3.22. The lowest BCUT2D eigenvalue weighted by Gasteiger charge is -2.36. The molecule has 12 heteroatoms. The molecule has 0 aromatic heterocycles. The van der Waals surface area contributed by atoms with Crippen LogP contribution in [0.2, 0.25) is 10.0 Å². The first kappa shape index (κ1) is 38.4. The molecule has 5 aromatic carbocycles. The van der Waals surface area contributed by atoms with Crippen LogP contribution in [0.25, 0.3) is 11.1 Å². The summed E-state index contributed by atoms with van der Waals surface area (Å²) in [6.45, 7) is 2.55. The maximum absolute atomic E-state index is 13.6. The monoisotopic (exact) mass is 788 g/mol. The molecule has 0 saturated carbocycles. The van der Waals surface area contributed by atoms with Gasteiger partial charge in [0, 0.05) is 19.9 Å². The highest BCUT2D eigenvalue weighted by Crippen LogP contribution is 2.41.